The monoisotopic (exact) mass is 686 g/mol. The van der Waals surface area contributed by atoms with Crippen molar-refractivity contribution in [2.75, 3.05) is 0 Å². The van der Waals surface area contributed by atoms with Gasteiger partial charge in [0.1, 0.15) is 23.0 Å². The molecule has 0 atom stereocenters. The average molecular weight is 687 g/mol. The summed E-state index contributed by atoms with van der Waals surface area (Å²) in [6, 6.07) is 21.1. The van der Waals surface area contributed by atoms with Crippen LogP contribution in [0.25, 0.3) is 22.3 Å². The molecular formula is C47H58O4. The summed E-state index contributed by atoms with van der Waals surface area (Å²) < 4.78 is 0. The lowest BCUT2D eigenvalue weighted by molar-refractivity contribution is 0.464. The fourth-order valence-electron chi connectivity index (χ4n) is 7.11. The Kier molecular flexibility index (Phi) is 11.4. The van der Waals surface area contributed by atoms with Gasteiger partial charge in [-0.3, -0.25) is 0 Å². The Labute approximate surface area is 306 Å². The number of aryl methyl sites for hydroxylation is 8. The normalized spacial score (nSPS) is 11.6. The van der Waals surface area contributed by atoms with Crippen molar-refractivity contribution < 1.29 is 20.4 Å². The van der Waals surface area contributed by atoms with Gasteiger partial charge in [-0.05, 0) is 187 Å². The number of benzene rings is 5. The SMILES string of the molecule is Cc1cc(-c2cc(-c3cc(C)c(O)c(C)c3)c(C(C)C)cc2C(C)C)cc(C)c1O.Cc1cc(C(C)(C)c2cc(C)c(O)c(C)c2)cc(C)c1O. The first-order valence-corrected chi connectivity index (χ1v) is 18.1. The fourth-order valence-corrected chi connectivity index (χ4v) is 7.11. The van der Waals surface area contributed by atoms with E-state index < -0.39 is 0 Å². The van der Waals surface area contributed by atoms with Gasteiger partial charge >= 0.3 is 0 Å². The van der Waals surface area contributed by atoms with E-state index in [0.29, 0.717) is 34.8 Å². The van der Waals surface area contributed by atoms with Crippen molar-refractivity contribution in [1.29, 1.82) is 0 Å². The highest BCUT2D eigenvalue weighted by atomic mass is 16.3. The van der Waals surface area contributed by atoms with Crippen LogP contribution in [-0.2, 0) is 5.41 Å². The quantitative estimate of drug-likeness (QED) is 0.143. The van der Waals surface area contributed by atoms with E-state index in [1.54, 1.807) is 0 Å². The molecule has 0 aliphatic carbocycles. The van der Waals surface area contributed by atoms with Gasteiger partial charge in [0.05, 0.1) is 0 Å². The van der Waals surface area contributed by atoms with E-state index in [1.807, 2.05) is 79.7 Å². The number of hydrogen-bond acceptors (Lipinski definition) is 4. The minimum absolute atomic E-state index is 0.188. The zero-order chi connectivity index (χ0) is 38.3. The van der Waals surface area contributed by atoms with E-state index in [0.717, 1.165) is 55.6 Å². The lowest BCUT2D eigenvalue weighted by Gasteiger charge is -2.28. The van der Waals surface area contributed by atoms with Crippen LogP contribution in [0.3, 0.4) is 0 Å². The standard InChI is InChI=1S/C28H34O2.C19H24O2/c1-15(2)23-13-24(16(3)4)26(22-11-19(7)28(30)20(8)12-22)14-25(23)21-9-17(5)27(29)18(6)10-21;1-11-7-15(8-12(2)17(11)20)19(5,6)16-9-13(3)18(21)14(4)10-16/h9-16,29-30H,1-8H3;7-10,20-21H,1-6H3. The molecule has 4 N–H and O–H groups in total. The van der Waals surface area contributed by atoms with Crippen molar-refractivity contribution >= 4 is 0 Å². The van der Waals surface area contributed by atoms with Crippen LogP contribution in [0.5, 0.6) is 23.0 Å². The molecule has 270 valence electrons. The van der Waals surface area contributed by atoms with Crippen molar-refractivity contribution in [3.63, 3.8) is 0 Å². The van der Waals surface area contributed by atoms with Crippen LogP contribution in [0.15, 0.2) is 60.7 Å². The van der Waals surface area contributed by atoms with Crippen LogP contribution in [0.1, 0.15) is 120 Å². The van der Waals surface area contributed by atoms with Gasteiger partial charge in [-0.2, -0.15) is 0 Å². The summed E-state index contributed by atoms with van der Waals surface area (Å²) in [5.74, 6) is 2.23. The first kappa shape index (κ1) is 39.1. The Balaban J connectivity index is 0.000000244. The minimum Gasteiger partial charge on any atom is -0.507 e. The summed E-state index contributed by atoms with van der Waals surface area (Å²) in [6.45, 7) is 28.8. The molecule has 0 saturated carbocycles. The van der Waals surface area contributed by atoms with E-state index in [1.165, 1.54) is 33.4 Å². The third-order valence-corrected chi connectivity index (χ3v) is 10.5. The first-order chi connectivity index (χ1) is 23.6. The number of phenols is 4. The van der Waals surface area contributed by atoms with Crippen molar-refractivity contribution in [3.05, 3.63) is 127 Å². The van der Waals surface area contributed by atoms with Gasteiger partial charge in [0, 0.05) is 5.41 Å². The predicted octanol–water partition coefficient (Wildman–Crippen LogP) is 12.6. The van der Waals surface area contributed by atoms with Crippen LogP contribution in [0.2, 0.25) is 0 Å². The second-order valence-corrected chi connectivity index (χ2v) is 15.8. The van der Waals surface area contributed by atoms with E-state index in [9.17, 15) is 20.4 Å². The molecule has 0 aromatic heterocycles. The van der Waals surface area contributed by atoms with Crippen LogP contribution in [-0.4, -0.2) is 20.4 Å². The molecule has 5 aromatic carbocycles. The Morgan fingerprint density at radius 3 is 0.843 bits per heavy atom. The van der Waals surface area contributed by atoms with E-state index in [-0.39, 0.29) is 5.41 Å². The third kappa shape index (κ3) is 7.96. The Bertz CT molecular complexity index is 1860. The van der Waals surface area contributed by atoms with Crippen molar-refractivity contribution in [2.45, 2.75) is 114 Å². The highest BCUT2D eigenvalue weighted by molar-refractivity contribution is 5.81. The summed E-state index contributed by atoms with van der Waals surface area (Å²) in [5, 5.41) is 40.5. The molecule has 4 nitrogen and oxygen atoms in total. The highest BCUT2D eigenvalue weighted by Crippen LogP contribution is 2.42. The fraction of sp³-hybridized carbons (Fsp3) is 0.362. The maximum Gasteiger partial charge on any atom is 0.121 e. The first-order valence-electron chi connectivity index (χ1n) is 18.1. The molecular weight excluding hydrogens is 629 g/mol. The zero-order valence-corrected chi connectivity index (χ0v) is 33.2. The molecule has 0 spiro atoms. The highest BCUT2D eigenvalue weighted by Gasteiger charge is 2.26. The van der Waals surface area contributed by atoms with Gasteiger partial charge in [-0.25, -0.2) is 0 Å². The van der Waals surface area contributed by atoms with Crippen molar-refractivity contribution in [1.82, 2.24) is 0 Å². The molecule has 0 aliphatic heterocycles. The Hall–Kier alpha value is -4.70. The van der Waals surface area contributed by atoms with Crippen LogP contribution < -0.4 is 0 Å². The molecule has 0 aliphatic rings. The average Bonchev–Trinajstić information content (AvgIpc) is 3.05. The van der Waals surface area contributed by atoms with Crippen LogP contribution in [0, 0.1) is 55.4 Å². The second-order valence-electron chi connectivity index (χ2n) is 15.8. The van der Waals surface area contributed by atoms with Crippen molar-refractivity contribution in [2.24, 2.45) is 0 Å². The molecule has 0 amide bonds. The summed E-state index contributed by atoms with van der Waals surface area (Å²) in [5.41, 5.74) is 16.6. The summed E-state index contributed by atoms with van der Waals surface area (Å²) >= 11 is 0. The van der Waals surface area contributed by atoms with Gasteiger partial charge in [0.25, 0.3) is 0 Å². The Morgan fingerprint density at radius 1 is 0.373 bits per heavy atom. The minimum atomic E-state index is -0.188. The number of hydrogen-bond donors (Lipinski definition) is 4. The topological polar surface area (TPSA) is 80.9 Å². The molecule has 5 rings (SSSR count). The molecule has 0 unspecified atom stereocenters. The Morgan fingerprint density at radius 2 is 0.608 bits per heavy atom. The molecule has 4 heteroatoms. The van der Waals surface area contributed by atoms with Gasteiger partial charge in [-0.1, -0.05) is 71.9 Å². The summed E-state index contributed by atoms with van der Waals surface area (Å²) in [7, 11) is 0. The maximum absolute atomic E-state index is 10.3. The molecule has 0 radical (unpaired) electrons. The summed E-state index contributed by atoms with van der Waals surface area (Å²) in [4.78, 5) is 0. The lowest BCUT2D eigenvalue weighted by Crippen LogP contribution is -2.19. The molecule has 0 saturated heterocycles. The number of rotatable bonds is 6. The maximum atomic E-state index is 10.3. The van der Waals surface area contributed by atoms with Crippen LogP contribution in [0.4, 0.5) is 0 Å². The molecule has 51 heavy (non-hydrogen) atoms. The van der Waals surface area contributed by atoms with Gasteiger partial charge in [0.15, 0.2) is 0 Å². The van der Waals surface area contributed by atoms with Gasteiger partial charge < -0.3 is 20.4 Å². The van der Waals surface area contributed by atoms with E-state index in [4.69, 9.17) is 0 Å². The molecule has 5 aromatic rings. The second kappa shape index (κ2) is 14.9. The molecule has 0 bridgehead atoms. The number of aromatic hydroxyl groups is 4. The van der Waals surface area contributed by atoms with Crippen LogP contribution >= 0.6 is 0 Å². The van der Waals surface area contributed by atoms with Gasteiger partial charge in [0.2, 0.25) is 0 Å². The van der Waals surface area contributed by atoms with E-state index in [2.05, 4.69) is 77.9 Å². The van der Waals surface area contributed by atoms with Gasteiger partial charge in [-0.15, -0.1) is 0 Å². The largest absolute Gasteiger partial charge is 0.507 e. The molecule has 0 heterocycles. The van der Waals surface area contributed by atoms with E-state index >= 15 is 0 Å². The van der Waals surface area contributed by atoms with Crippen molar-refractivity contribution in [3.8, 4) is 45.3 Å². The lowest BCUT2D eigenvalue weighted by atomic mass is 9.76. The smallest absolute Gasteiger partial charge is 0.121 e. The summed E-state index contributed by atoms with van der Waals surface area (Å²) in [6.07, 6.45) is 0. The third-order valence-electron chi connectivity index (χ3n) is 10.5. The predicted molar refractivity (Wildman–Crippen MR) is 215 cm³/mol. The number of phenolic OH excluding ortho intramolecular Hbond substituents is 4. The molecule has 0 fully saturated rings. The zero-order valence-electron chi connectivity index (χ0n) is 33.2.